The van der Waals surface area contributed by atoms with Gasteiger partial charge in [0.2, 0.25) is 0 Å². The third-order valence-corrected chi connectivity index (χ3v) is 2.74. The molecule has 0 amide bonds. The maximum Gasteiger partial charge on any atom is 0.339 e. The van der Waals surface area contributed by atoms with Crippen molar-refractivity contribution in [3.63, 3.8) is 0 Å². The smallest absolute Gasteiger partial charge is 0.339 e. The van der Waals surface area contributed by atoms with Crippen molar-refractivity contribution in [3.8, 4) is 0 Å². The van der Waals surface area contributed by atoms with Gasteiger partial charge < -0.3 is 10.1 Å². The van der Waals surface area contributed by atoms with E-state index in [1.54, 1.807) is 12.3 Å². The minimum Gasteiger partial charge on any atom is -0.465 e. The lowest BCUT2D eigenvalue weighted by Gasteiger charge is -2.09. The Kier molecular flexibility index (Phi) is 5.63. The highest BCUT2D eigenvalue weighted by atomic mass is 16.5. The van der Waals surface area contributed by atoms with Crippen molar-refractivity contribution in [2.24, 2.45) is 5.92 Å². The standard InChI is InChI=1S/C13H20N2O2/c1-4-10(2)7-14-9-12-6-5-11(8-15-12)13(16)17-3/h5-6,8,10,14H,4,7,9H2,1-3H3. The Morgan fingerprint density at radius 3 is 2.82 bits per heavy atom. The number of hydrogen-bond donors (Lipinski definition) is 1. The van der Waals surface area contributed by atoms with Gasteiger partial charge in [-0.1, -0.05) is 20.3 Å². The van der Waals surface area contributed by atoms with Gasteiger partial charge in [0, 0.05) is 12.7 Å². The average molecular weight is 236 g/mol. The van der Waals surface area contributed by atoms with Crippen LogP contribution in [-0.2, 0) is 11.3 Å². The fraction of sp³-hybridized carbons (Fsp3) is 0.538. The van der Waals surface area contributed by atoms with E-state index in [2.05, 4.69) is 28.9 Å². The van der Waals surface area contributed by atoms with E-state index < -0.39 is 0 Å². The normalized spacial score (nSPS) is 12.2. The van der Waals surface area contributed by atoms with Crippen LogP contribution in [0.25, 0.3) is 0 Å². The number of aromatic nitrogens is 1. The summed E-state index contributed by atoms with van der Waals surface area (Å²) in [5, 5.41) is 3.34. The van der Waals surface area contributed by atoms with E-state index in [4.69, 9.17) is 0 Å². The molecule has 0 bridgehead atoms. The number of carbonyl (C=O) groups excluding carboxylic acids is 1. The number of pyridine rings is 1. The van der Waals surface area contributed by atoms with E-state index in [0.717, 1.165) is 18.8 Å². The van der Waals surface area contributed by atoms with Crippen LogP contribution in [0.4, 0.5) is 0 Å². The molecule has 0 aliphatic rings. The zero-order chi connectivity index (χ0) is 12.7. The molecule has 0 aliphatic carbocycles. The van der Waals surface area contributed by atoms with Crippen LogP contribution in [-0.4, -0.2) is 24.6 Å². The quantitative estimate of drug-likeness (QED) is 0.768. The minimum atomic E-state index is -0.350. The molecule has 1 aromatic heterocycles. The molecule has 1 unspecified atom stereocenters. The number of carbonyl (C=O) groups is 1. The molecule has 0 saturated carbocycles. The Morgan fingerprint density at radius 2 is 2.29 bits per heavy atom. The van der Waals surface area contributed by atoms with Crippen molar-refractivity contribution in [1.82, 2.24) is 10.3 Å². The Morgan fingerprint density at radius 1 is 1.53 bits per heavy atom. The topological polar surface area (TPSA) is 51.2 Å². The van der Waals surface area contributed by atoms with E-state index in [9.17, 15) is 4.79 Å². The van der Waals surface area contributed by atoms with Gasteiger partial charge in [0.1, 0.15) is 0 Å². The van der Waals surface area contributed by atoms with Crippen LogP contribution in [0.15, 0.2) is 18.3 Å². The van der Waals surface area contributed by atoms with Gasteiger partial charge in [-0.15, -0.1) is 0 Å². The number of esters is 1. The van der Waals surface area contributed by atoms with Crippen LogP contribution in [0.5, 0.6) is 0 Å². The van der Waals surface area contributed by atoms with Crippen LogP contribution < -0.4 is 5.32 Å². The second-order valence-electron chi connectivity index (χ2n) is 4.17. The minimum absolute atomic E-state index is 0.350. The molecule has 0 spiro atoms. The Hall–Kier alpha value is -1.42. The number of rotatable bonds is 6. The van der Waals surface area contributed by atoms with Crippen LogP contribution in [0.3, 0.4) is 0 Å². The summed E-state index contributed by atoms with van der Waals surface area (Å²) in [6.45, 7) is 6.10. The Labute approximate surface area is 102 Å². The number of nitrogens with one attached hydrogen (secondary N) is 1. The monoisotopic (exact) mass is 236 g/mol. The molecule has 0 aliphatic heterocycles. The van der Waals surface area contributed by atoms with Crippen LogP contribution >= 0.6 is 0 Å². The van der Waals surface area contributed by atoms with Gasteiger partial charge in [0.15, 0.2) is 0 Å². The second-order valence-corrected chi connectivity index (χ2v) is 4.17. The Bertz CT molecular complexity index is 349. The lowest BCUT2D eigenvalue weighted by Crippen LogP contribution is -2.20. The summed E-state index contributed by atoms with van der Waals surface area (Å²) < 4.78 is 4.61. The predicted molar refractivity (Wildman–Crippen MR) is 66.7 cm³/mol. The third kappa shape index (κ3) is 4.53. The lowest BCUT2D eigenvalue weighted by atomic mass is 10.1. The van der Waals surface area contributed by atoms with Gasteiger partial charge in [0.05, 0.1) is 18.4 Å². The summed E-state index contributed by atoms with van der Waals surface area (Å²) >= 11 is 0. The van der Waals surface area contributed by atoms with Crippen molar-refractivity contribution in [1.29, 1.82) is 0 Å². The molecule has 0 saturated heterocycles. The van der Waals surface area contributed by atoms with Crippen molar-refractivity contribution >= 4 is 5.97 Å². The molecule has 4 nitrogen and oxygen atoms in total. The van der Waals surface area contributed by atoms with Gasteiger partial charge in [-0.3, -0.25) is 4.98 Å². The molecule has 1 rings (SSSR count). The first-order valence-electron chi connectivity index (χ1n) is 5.91. The molecule has 1 aromatic rings. The summed E-state index contributed by atoms with van der Waals surface area (Å²) in [5.74, 6) is 0.320. The van der Waals surface area contributed by atoms with Gasteiger partial charge in [-0.25, -0.2) is 4.79 Å². The molecule has 94 valence electrons. The third-order valence-electron chi connectivity index (χ3n) is 2.74. The summed E-state index contributed by atoms with van der Waals surface area (Å²) in [4.78, 5) is 15.4. The van der Waals surface area contributed by atoms with Gasteiger partial charge >= 0.3 is 5.97 Å². The van der Waals surface area contributed by atoms with Crippen molar-refractivity contribution in [3.05, 3.63) is 29.6 Å². The van der Waals surface area contributed by atoms with E-state index in [0.29, 0.717) is 11.5 Å². The largest absolute Gasteiger partial charge is 0.465 e. The molecular formula is C13H20N2O2. The van der Waals surface area contributed by atoms with Crippen LogP contribution in [0.2, 0.25) is 0 Å². The van der Waals surface area contributed by atoms with Crippen LogP contribution in [0, 0.1) is 5.92 Å². The predicted octanol–water partition coefficient (Wildman–Crippen LogP) is 2.00. The van der Waals surface area contributed by atoms with Gasteiger partial charge in [0.25, 0.3) is 0 Å². The molecule has 0 aromatic carbocycles. The zero-order valence-corrected chi connectivity index (χ0v) is 10.7. The highest BCUT2D eigenvalue weighted by Gasteiger charge is 2.05. The first-order chi connectivity index (χ1) is 8.17. The number of methoxy groups -OCH3 is 1. The molecule has 1 heterocycles. The maximum atomic E-state index is 11.2. The molecule has 17 heavy (non-hydrogen) atoms. The van der Waals surface area contributed by atoms with E-state index in [1.165, 1.54) is 13.5 Å². The molecule has 4 heteroatoms. The molecular weight excluding hydrogens is 216 g/mol. The highest BCUT2D eigenvalue weighted by molar-refractivity contribution is 5.88. The summed E-state index contributed by atoms with van der Waals surface area (Å²) in [7, 11) is 1.37. The second kappa shape index (κ2) is 7.01. The average Bonchev–Trinajstić information content (AvgIpc) is 2.38. The molecule has 0 radical (unpaired) electrons. The van der Waals surface area contributed by atoms with E-state index in [-0.39, 0.29) is 5.97 Å². The van der Waals surface area contributed by atoms with Gasteiger partial charge in [-0.05, 0) is 24.6 Å². The Balaban J connectivity index is 2.43. The molecule has 1 N–H and O–H groups in total. The highest BCUT2D eigenvalue weighted by Crippen LogP contribution is 2.03. The summed E-state index contributed by atoms with van der Waals surface area (Å²) in [6.07, 6.45) is 2.72. The zero-order valence-electron chi connectivity index (χ0n) is 10.7. The summed E-state index contributed by atoms with van der Waals surface area (Å²) in [5.41, 5.74) is 1.42. The van der Waals surface area contributed by atoms with E-state index >= 15 is 0 Å². The fourth-order valence-corrected chi connectivity index (χ4v) is 1.36. The summed E-state index contributed by atoms with van der Waals surface area (Å²) in [6, 6.07) is 3.58. The first-order valence-corrected chi connectivity index (χ1v) is 5.91. The van der Waals surface area contributed by atoms with Crippen LogP contribution in [0.1, 0.15) is 36.3 Å². The maximum absolute atomic E-state index is 11.2. The number of ether oxygens (including phenoxy) is 1. The first kappa shape index (κ1) is 13.6. The van der Waals surface area contributed by atoms with Gasteiger partial charge in [-0.2, -0.15) is 0 Å². The number of nitrogens with zero attached hydrogens (tertiary/aromatic N) is 1. The lowest BCUT2D eigenvalue weighted by molar-refractivity contribution is 0.0600. The fourth-order valence-electron chi connectivity index (χ4n) is 1.36. The molecule has 1 atom stereocenters. The van der Waals surface area contributed by atoms with E-state index in [1.807, 2.05) is 6.07 Å². The van der Waals surface area contributed by atoms with Crippen molar-refractivity contribution in [2.45, 2.75) is 26.8 Å². The number of hydrogen-bond acceptors (Lipinski definition) is 4. The van der Waals surface area contributed by atoms with Crippen molar-refractivity contribution < 1.29 is 9.53 Å². The SMILES string of the molecule is CCC(C)CNCc1ccc(C(=O)OC)cn1. The molecule has 0 fully saturated rings. The van der Waals surface area contributed by atoms with Crippen molar-refractivity contribution in [2.75, 3.05) is 13.7 Å².